The largest absolute Gasteiger partial charge is 0.493 e. The van der Waals surface area contributed by atoms with Gasteiger partial charge in [-0.15, -0.1) is 0 Å². The lowest BCUT2D eigenvalue weighted by atomic mass is 10.2. The van der Waals surface area contributed by atoms with E-state index in [2.05, 4.69) is 5.32 Å². The van der Waals surface area contributed by atoms with Crippen molar-refractivity contribution < 1.29 is 28.9 Å². The number of carboxylic acids is 1. The maximum atomic E-state index is 11.8. The molecule has 7 nitrogen and oxygen atoms in total. The standard InChI is InChI=1S/C16H21NO6/c1-4-5-11-6-7-13(14(8-11)22-3)23-10-15(18)17-12(9-21-2)16(19)20/h4-8,12H,9-10H2,1-3H3,(H,17,18)(H,19,20)/b5-4+. The molecule has 1 amide bonds. The molecule has 0 aromatic heterocycles. The minimum absolute atomic E-state index is 0.123. The lowest BCUT2D eigenvalue weighted by Gasteiger charge is -2.15. The first-order valence-electron chi connectivity index (χ1n) is 6.96. The summed E-state index contributed by atoms with van der Waals surface area (Å²) < 4.78 is 15.3. The maximum absolute atomic E-state index is 11.8. The number of ether oxygens (including phenoxy) is 3. The van der Waals surface area contributed by atoms with Crippen LogP contribution in [0.2, 0.25) is 0 Å². The second kappa shape index (κ2) is 9.47. The average molecular weight is 323 g/mol. The summed E-state index contributed by atoms with van der Waals surface area (Å²) in [5, 5.41) is 11.3. The minimum Gasteiger partial charge on any atom is -0.493 e. The zero-order valence-corrected chi connectivity index (χ0v) is 13.4. The molecular weight excluding hydrogens is 302 g/mol. The van der Waals surface area contributed by atoms with Crippen LogP contribution in [0.1, 0.15) is 12.5 Å². The van der Waals surface area contributed by atoms with Crippen molar-refractivity contribution in [2.24, 2.45) is 0 Å². The van der Waals surface area contributed by atoms with Crippen molar-refractivity contribution in [2.75, 3.05) is 27.4 Å². The highest BCUT2D eigenvalue weighted by Crippen LogP contribution is 2.28. The molecule has 1 atom stereocenters. The molecule has 1 aromatic carbocycles. The van der Waals surface area contributed by atoms with Crippen LogP contribution in [0.4, 0.5) is 0 Å². The molecule has 0 aliphatic rings. The Hall–Kier alpha value is -2.54. The van der Waals surface area contributed by atoms with E-state index in [1.54, 1.807) is 12.1 Å². The van der Waals surface area contributed by atoms with E-state index >= 15 is 0 Å². The summed E-state index contributed by atoms with van der Waals surface area (Å²) in [5.41, 5.74) is 0.937. The fraction of sp³-hybridized carbons (Fsp3) is 0.375. The SMILES string of the molecule is C/C=C/c1ccc(OCC(=O)NC(COC)C(=O)O)c(OC)c1. The van der Waals surface area contributed by atoms with Gasteiger partial charge in [0.2, 0.25) is 0 Å². The number of allylic oxidation sites excluding steroid dienone is 1. The van der Waals surface area contributed by atoms with Gasteiger partial charge in [0, 0.05) is 7.11 Å². The van der Waals surface area contributed by atoms with Gasteiger partial charge in [-0.1, -0.05) is 18.2 Å². The molecule has 0 saturated heterocycles. The average Bonchev–Trinajstić information content (AvgIpc) is 2.53. The van der Waals surface area contributed by atoms with Gasteiger partial charge < -0.3 is 24.6 Å². The van der Waals surface area contributed by atoms with Gasteiger partial charge in [-0.05, 0) is 24.6 Å². The molecule has 0 spiro atoms. The van der Waals surface area contributed by atoms with Crippen molar-refractivity contribution in [3.63, 3.8) is 0 Å². The van der Waals surface area contributed by atoms with Gasteiger partial charge in [0.25, 0.3) is 5.91 Å². The zero-order chi connectivity index (χ0) is 17.2. The summed E-state index contributed by atoms with van der Waals surface area (Å²) >= 11 is 0. The summed E-state index contributed by atoms with van der Waals surface area (Å²) in [5.74, 6) is -0.850. The van der Waals surface area contributed by atoms with E-state index in [4.69, 9.17) is 19.3 Å². The molecule has 2 N–H and O–H groups in total. The van der Waals surface area contributed by atoms with Gasteiger partial charge in [-0.25, -0.2) is 4.79 Å². The second-order valence-electron chi connectivity index (χ2n) is 4.61. The topological polar surface area (TPSA) is 94.1 Å². The van der Waals surface area contributed by atoms with Crippen LogP contribution in [0, 0.1) is 0 Å². The van der Waals surface area contributed by atoms with Crippen molar-refractivity contribution >= 4 is 18.0 Å². The Labute approximate surface area is 134 Å². The summed E-state index contributed by atoms with van der Waals surface area (Å²) in [6.07, 6.45) is 3.80. The monoisotopic (exact) mass is 323 g/mol. The number of rotatable bonds is 9. The fourth-order valence-corrected chi connectivity index (χ4v) is 1.82. The van der Waals surface area contributed by atoms with E-state index in [-0.39, 0.29) is 13.2 Å². The first-order chi connectivity index (χ1) is 11.0. The number of carboxylic acid groups (broad SMARTS) is 1. The van der Waals surface area contributed by atoms with Gasteiger partial charge in [0.15, 0.2) is 24.1 Å². The van der Waals surface area contributed by atoms with Crippen LogP contribution in [-0.4, -0.2) is 50.5 Å². The third kappa shape index (κ3) is 5.99. The first-order valence-corrected chi connectivity index (χ1v) is 6.96. The fourth-order valence-electron chi connectivity index (χ4n) is 1.82. The van der Waals surface area contributed by atoms with Crippen LogP contribution in [0.15, 0.2) is 24.3 Å². The van der Waals surface area contributed by atoms with Crippen molar-refractivity contribution in [3.8, 4) is 11.5 Å². The molecule has 1 aromatic rings. The Morgan fingerprint density at radius 3 is 2.61 bits per heavy atom. The van der Waals surface area contributed by atoms with Crippen LogP contribution < -0.4 is 14.8 Å². The molecule has 0 fully saturated rings. The Morgan fingerprint density at radius 1 is 1.30 bits per heavy atom. The molecule has 0 saturated carbocycles. The highest BCUT2D eigenvalue weighted by Gasteiger charge is 2.20. The Kier molecular flexibility index (Phi) is 7.62. The second-order valence-corrected chi connectivity index (χ2v) is 4.61. The Bertz CT molecular complexity index is 570. The number of aliphatic carboxylic acids is 1. The summed E-state index contributed by atoms with van der Waals surface area (Å²) in [6, 6.07) is 4.17. The van der Waals surface area contributed by atoms with Crippen molar-refractivity contribution in [2.45, 2.75) is 13.0 Å². The maximum Gasteiger partial charge on any atom is 0.328 e. The third-order valence-corrected chi connectivity index (χ3v) is 2.87. The van der Waals surface area contributed by atoms with Gasteiger partial charge in [-0.3, -0.25) is 4.79 Å². The third-order valence-electron chi connectivity index (χ3n) is 2.87. The van der Waals surface area contributed by atoms with Crippen LogP contribution in [0.25, 0.3) is 6.08 Å². The van der Waals surface area contributed by atoms with Gasteiger partial charge in [0.05, 0.1) is 13.7 Å². The normalized spacial score (nSPS) is 12.0. The number of amides is 1. The molecule has 7 heteroatoms. The molecular formula is C16H21NO6. The molecule has 0 radical (unpaired) electrons. The van der Waals surface area contributed by atoms with Crippen molar-refractivity contribution in [3.05, 3.63) is 29.8 Å². The van der Waals surface area contributed by atoms with E-state index in [1.807, 2.05) is 25.1 Å². The summed E-state index contributed by atoms with van der Waals surface area (Å²) in [4.78, 5) is 22.7. The smallest absolute Gasteiger partial charge is 0.328 e. The van der Waals surface area contributed by atoms with E-state index < -0.39 is 17.9 Å². The summed E-state index contributed by atoms with van der Waals surface area (Å²) in [7, 11) is 2.86. The molecule has 0 heterocycles. The predicted octanol–water partition coefficient (Wildman–Crippen LogP) is 1.32. The quantitative estimate of drug-likeness (QED) is 0.712. The molecule has 0 bridgehead atoms. The number of hydrogen-bond donors (Lipinski definition) is 2. The number of hydrogen-bond acceptors (Lipinski definition) is 5. The number of carbonyl (C=O) groups is 2. The lowest BCUT2D eigenvalue weighted by Crippen LogP contribution is -2.45. The van der Waals surface area contributed by atoms with Gasteiger partial charge in [0.1, 0.15) is 0 Å². The molecule has 0 aliphatic carbocycles. The van der Waals surface area contributed by atoms with E-state index in [9.17, 15) is 9.59 Å². The molecule has 0 aliphatic heterocycles. The Balaban J connectivity index is 2.66. The van der Waals surface area contributed by atoms with Crippen LogP contribution >= 0.6 is 0 Å². The van der Waals surface area contributed by atoms with E-state index in [0.717, 1.165) is 5.56 Å². The number of methoxy groups -OCH3 is 2. The highest BCUT2D eigenvalue weighted by atomic mass is 16.5. The van der Waals surface area contributed by atoms with E-state index in [0.29, 0.717) is 11.5 Å². The van der Waals surface area contributed by atoms with Gasteiger partial charge >= 0.3 is 5.97 Å². The van der Waals surface area contributed by atoms with Crippen molar-refractivity contribution in [1.82, 2.24) is 5.32 Å². The van der Waals surface area contributed by atoms with Crippen LogP contribution in [-0.2, 0) is 14.3 Å². The van der Waals surface area contributed by atoms with Crippen LogP contribution in [0.5, 0.6) is 11.5 Å². The molecule has 126 valence electrons. The molecule has 1 unspecified atom stereocenters. The highest BCUT2D eigenvalue weighted by molar-refractivity contribution is 5.84. The van der Waals surface area contributed by atoms with Crippen LogP contribution in [0.3, 0.4) is 0 Å². The van der Waals surface area contributed by atoms with Gasteiger partial charge in [-0.2, -0.15) is 0 Å². The molecule has 23 heavy (non-hydrogen) atoms. The molecule has 1 rings (SSSR count). The number of benzene rings is 1. The summed E-state index contributed by atoms with van der Waals surface area (Å²) in [6.45, 7) is 1.45. The first kappa shape index (κ1) is 18.5. The predicted molar refractivity (Wildman–Crippen MR) is 84.6 cm³/mol. The van der Waals surface area contributed by atoms with Crippen molar-refractivity contribution in [1.29, 1.82) is 0 Å². The number of nitrogens with one attached hydrogen (secondary N) is 1. The lowest BCUT2D eigenvalue weighted by molar-refractivity contribution is -0.143. The zero-order valence-electron chi connectivity index (χ0n) is 13.4. The number of carbonyl (C=O) groups excluding carboxylic acids is 1. The van der Waals surface area contributed by atoms with E-state index in [1.165, 1.54) is 14.2 Å². The Morgan fingerprint density at radius 2 is 2.04 bits per heavy atom. The minimum atomic E-state index is -1.17.